The molecule has 1 aliphatic rings. The summed E-state index contributed by atoms with van der Waals surface area (Å²) in [6.07, 6.45) is 3.53. The number of esters is 1. The van der Waals surface area contributed by atoms with Gasteiger partial charge in [0.15, 0.2) is 0 Å². The average Bonchev–Trinajstić information content (AvgIpc) is 2.67. The largest absolute Gasteiger partial charge is 0.462 e. The van der Waals surface area contributed by atoms with Gasteiger partial charge in [0.2, 0.25) is 0 Å². The molecule has 2 N–H and O–H groups in total. The van der Waals surface area contributed by atoms with Crippen molar-refractivity contribution in [3.8, 4) is 5.69 Å². The van der Waals surface area contributed by atoms with E-state index in [1.165, 1.54) is 4.57 Å². The Morgan fingerprint density at radius 1 is 1.14 bits per heavy atom. The van der Waals surface area contributed by atoms with E-state index in [1.807, 2.05) is 0 Å². The van der Waals surface area contributed by atoms with Crippen molar-refractivity contribution in [2.24, 2.45) is 12.8 Å². The van der Waals surface area contributed by atoms with Gasteiger partial charge in [-0.05, 0) is 63.6 Å². The standard InChI is InChI=1S/C21H27N3O4/c1-13(2)28-20(26)17(22)12-14-8-10-15(11-9-14)24-19(25)16-6-4-5-7-18(16)23(3)21(24)27/h8-11,13,17H,4-7,12,22H2,1-3H3. The third-order valence-corrected chi connectivity index (χ3v) is 5.09. The molecule has 1 heterocycles. The lowest BCUT2D eigenvalue weighted by molar-refractivity contribution is -0.148. The SMILES string of the molecule is CC(C)OC(=O)C(N)Cc1ccc(-n2c(=O)c3c(n(C)c2=O)CCCC3)cc1. The van der Waals surface area contributed by atoms with E-state index in [0.717, 1.165) is 36.1 Å². The Hall–Kier alpha value is -2.67. The van der Waals surface area contributed by atoms with Gasteiger partial charge in [-0.25, -0.2) is 9.36 Å². The fourth-order valence-electron chi connectivity index (χ4n) is 3.64. The zero-order valence-electron chi connectivity index (χ0n) is 16.6. The monoisotopic (exact) mass is 385 g/mol. The second kappa shape index (κ2) is 8.14. The number of nitrogens with zero attached hydrogens (tertiary/aromatic N) is 2. The van der Waals surface area contributed by atoms with E-state index in [4.69, 9.17) is 10.5 Å². The molecule has 7 nitrogen and oxygen atoms in total. The first-order valence-electron chi connectivity index (χ1n) is 9.68. The third-order valence-electron chi connectivity index (χ3n) is 5.09. The Labute approximate surface area is 163 Å². The molecule has 28 heavy (non-hydrogen) atoms. The number of hydrogen-bond donors (Lipinski definition) is 1. The van der Waals surface area contributed by atoms with Crippen LogP contribution in [0.4, 0.5) is 0 Å². The maximum Gasteiger partial charge on any atom is 0.335 e. The molecule has 7 heteroatoms. The second-order valence-electron chi connectivity index (χ2n) is 7.58. The van der Waals surface area contributed by atoms with Crippen molar-refractivity contribution < 1.29 is 9.53 Å². The molecule has 1 unspecified atom stereocenters. The molecule has 0 amide bonds. The molecule has 2 aromatic rings. The zero-order valence-corrected chi connectivity index (χ0v) is 16.6. The molecular weight excluding hydrogens is 358 g/mol. The Morgan fingerprint density at radius 3 is 2.43 bits per heavy atom. The molecule has 0 saturated heterocycles. The lowest BCUT2D eigenvalue weighted by Crippen LogP contribution is -2.42. The maximum atomic E-state index is 12.9. The summed E-state index contributed by atoms with van der Waals surface area (Å²) in [6, 6.07) is 6.24. The summed E-state index contributed by atoms with van der Waals surface area (Å²) >= 11 is 0. The molecule has 0 saturated carbocycles. The highest BCUT2D eigenvalue weighted by molar-refractivity contribution is 5.76. The number of ether oxygens (including phenoxy) is 1. The number of benzene rings is 1. The van der Waals surface area contributed by atoms with Crippen molar-refractivity contribution in [3.63, 3.8) is 0 Å². The second-order valence-corrected chi connectivity index (χ2v) is 7.58. The van der Waals surface area contributed by atoms with E-state index in [9.17, 15) is 14.4 Å². The van der Waals surface area contributed by atoms with E-state index in [1.54, 1.807) is 49.7 Å². The first-order chi connectivity index (χ1) is 13.3. The molecule has 1 atom stereocenters. The predicted octanol–water partition coefficient (Wildman–Crippen LogP) is 1.24. The maximum absolute atomic E-state index is 12.9. The zero-order chi connectivity index (χ0) is 20.4. The van der Waals surface area contributed by atoms with Gasteiger partial charge >= 0.3 is 11.7 Å². The average molecular weight is 385 g/mol. The minimum absolute atomic E-state index is 0.215. The quantitative estimate of drug-likeness (QED) is 0.781. The lowest BCUT2D eigenvalue weighted by atomic mass is 9.97. The molecule has 0 radical (unpaired) electrons. The minimum Gasteiger partial charge on any atom is -0.462 e. The van der Waals surface area contributed by atoms with Gasteiger partial charge in [0.05, 0.1) is 11.8 Å². The van der Waals surface area contributed by atoms with Gasteiger partial charge in [0.25, 0.3) is 5.56 Å². The fourth-order valence-corrected chi connectivity index (χ4v) is 3.64. The van der Waals surface area contributed by atoms with Gasteiger partial charge in [-0.2, -0.15) is 0 Å². The smallest absolute Gasteiger partial charge is 0.335 e. The van der Waals surface area contributed by atoms with Gasteiger partial charge in [-0.3, -0.25) is 9.59 Å². The summed E-state index contributed by atoms with van der Waals surface area (Å²) in [4.78, 5) is 37.5. The van der Waals surface area contributed by atoms with E-state index in [2.05, 4.69) is 0 Å². The van der Waals surface area contributed by atoms with E-state index in [0.29, 0.717) is 18.5 Å². The van der Waals surface area contributed by atoms with Crippen LogP contribution in [0.2, 0.25) is 0 Å². The molecule has 150 valence electrons. The number of fused-ring (bicyclic) bond motifs is 1. The molecule has 1 aliphatic carbocycles. The predicted molar refractivity (Wildman–Crippen MR) is 107 cm³/mol. The number of nitrogens with two attached hydrogens (primary N) is 1. The summed E-state index contributed by atoms with van der Waals surface area (Å²) in [5.41, 5.74) is 8.27. The third kappa shape index (κ3) is 3.94. The Bertz CT molecular complexity index is 986. The highest BCUT2D eigenvalue weighted by Crippen LogP contribution is 2.17. The van der Waals surface area contributed by atoms with Crippen LogP contribution in [0.25, 0.3) is 5.69 Å². The summed E-state index contributed by atoms with van der Waals surface area (Å²) in [7, 11) is 1.72. The summed E-state index contributed by atoms with van der Waals surface area (Å²) in [5, 5.41) is 0. The van der Waals surface area contributed by atoms with Gasteiger partial charge < -0.3 is 15.0 Å². The molecule has 0 fully saturated rings. The van der Waals surface area contributed by atoms with Crippen LogP contribution in [0.3, 0.4) is 0 Å². The highest BCUT2D eigenvalue weighted by atomic mass is 16.5. The van der Waals surface area contributed by atoms with Crippen molar-refractivity contribution >= 4 is 5.97 Å². The van der Waals surface area contributed by atoms with E-state index < -0.39 is 12.0 Å². The van der Waals surface area contributed by atoms with Crippen molar-refractivity contribution in [1.29, 1.82) is 0 Å². The summed E-state index contributed by atoms with van der Waals surface area (Å²) in [6.45, 7) is 3.55. The number of rotatable bonds is 5. The molecule has 1 aromatic carbocycles. The number of carbonyl (C=O) groups excluding carboxylic acids is 1. The number of aromatic nitrogens is 2. The van der Waals surface area contributed by atoms with Crippen LogP contribution in [0, 0.1) is 0 Å². The molecule has 1 aromatic heterocycles. The van der Waals surface area contributed by atoms with Crippen molar-refractivity contribution in [3.05, 3.63) is 61.9 Å². The number of carbonyl (C=O) groups is 1. The van der Waals surface area contributed by atoms with Crippen LogP contribution in [0.1, 0.15) is 43.5 Å². The summed E-state index contributed by atoms with van der Waals surface area (Å²) in [5.74, 6) is -0.446. The van der Waals surface area contributed by atoms with Gasteiger partial charge in [-0.15, -0.1) is 0 Å². The van der Waals surface area contributed by atoms with Crippen LogP contribution in [0.5, 0.6) is 0 Å². The Kier molecular flexibility index (Phi) is 5.84. The first kappa shape index (κ1) is 20.1. The van der Waals surface area contributed by atoms with Crippen molar-refractivity contribution in [1.82, 2.24) is 9.13 Å². The van der Waals surface area contributed by atoms with Crippen LogP contribution in [-0.4, -0.2) is 27.2 Å². The van der Waals surface area contributed by atoms with Crippen molar-refractivity contribution in [2.45, 2.75) is 58.1 Å². The minimum atomic E-state index is -0.757. The molecule has 3 rings (SSSR count). The van der Waals surface area contributed by atoms with Crippen LogP contribution in [-0.2, 0) is 35.8 Å². The molecule has 0 bridgehead atoms. The molecular formula is C21H27N3O4. The van der Waals surface area contributed by atoms with Crippen LogP contribution >= 0.6 is 0 Å². The van der Waals surface area contributed by atoms with E-state index >= 15 is 0 Å². The van der Waals surface area contributed by atoms with Gasteiger partial charge in [0.1, 0.15) is 6.04 Å². The first-order valence-corrected chi connectivity index (χ1v) is 9.68. The number of hydrogen-bond acceptors (Lipinski definition) is 5. The van der Waals surface area contributed by atoms with Gasteiger partial charge in [0, 0.05) is 18.3 Å². The van der Waals surface area contributed by atoms with E-state index in [-0.39, 0.29) is 17.4 Å². The normalized spacial score (nSPS) is 14.6. The lowest BCUT2D eigenvalue weighted by Gasteiger charge is -2.20. The molecule has 0 spiro atoms. The van der Waals surface area contributed by atoms with Crippen molar-refractivity contribution in [2.75, 3.05) is 0 Å². The highest BCUT2D eigenvalue weighted by Gasteiger charge is 2.21. The van der Waals surface area contributed by atoms with Gasteiger partial charge in [-0.1, -0.05) is 12.1 Å². The fraction of sp³-hybridized carbons (Fsp3) is 0.476. The Morgan fingerprint density at radius 2 is 1.79 bits per heavy atom. The Balaban J connectivity index is 1.88. The van der Waals surface area contributed by atoms with Crippen LogP contribution < -0.4 is 17.0 Å². The van der Waals surface area contributed by atoms with Crippen LogP contribution in [0.15, 0.2) is 33.9 Å². The molecule has 0 aliphatic heterocycles. The topological polar surface area (TPSA) is 96.3 Å². The summed E-state index contributed by atoms with van der Waals surface area (Å²) < 4.78 is 7.93.